The third-order valence-corrected chi connectivity index (χ3v) is 4.76. The van der Waals surface area contributed by atoms with Crippen molar-refractivity contribution in [2.45, 2.75) is 20.3 Å². The number of hydrogen-bond acceptors (Lipinski definition) is 5. The minimum Gasteiger partial charge on any atom is -0.411 e. The molecule has 16 heavy (non-hydrogen) atoms. The monoisotopic (exact) mass is 248 g/mol. The lowest BCUT2D eigenvalue weighted by atomic mass is 9.98. The highest BCUT2D eigenvalue weighted by Gasteiger charge is 2.23. The minimum absolute atomic E-state index is 0.208. The molecule has 1 heterocycles. The Balaban J connectivity index is 2.42. The van der Waals surface area contributed by atoms with Crippen molar-refractivity contribution in [3.63, 3.8) is 0 Å². The van der Waals surface area contributed by atoms with Crippen molar-refractivity contribution in [2.24, 2.45) is 11.1 Å². The highest BCUT2D eigenvalue weighted by Crippen LogP contribution is 2.13. The van der Waals surface area contributed by atoms with Crippen LogP contribution in [-0.4, -0.2) is 55.4 Å². The summed E-state index contributed by atoms with van der Waals surface area (Å²) in [6.45, 7) is 5.81. The smallest absolute Gasteiger partial charge is 0.151 e. The average Bonchev–Trinajstić information content (AvgIpc) is 2.27. The third-order valence-electron chi connectivity index (χ3n) is 3.07. The molecule has 0 aromatic carbocycles. The second kappa shape index (κ2) is 5.63. The normalized spacial score (nSPS) is 26.1. The van der Waals surface area contributed by atoms with E-state index in [1.165, 1.54) is 0 Å². The number of sulfone groups is 1. The molecule has 6 heteroatoms. The van der Waals surface area contributed by atoms with Gasteiger partial charge in [0, 0.05) is 37.7 Å². The number of piperidine rings is 1. The van der Waals surface area contributed by atoms with Gasteiger partial charge in [0.1, 0.15) is 0 Å². The number of rotatable bonds is 4. The Hall–Kier alpha value is -0.620. The second-order valence-electron chi connectivity index (χ2n) is 4.28. The summed E-state index contributed by atoms with van der Waals surface area (Å²) in [7, 11) is -2.88. The molecule has 0 amide bonds. The van der Waals surface area contributed by atoms with Crippen LogP contribution in [0.2, 0.25) is 0 Å². The van der Waals surface area contributed by atoms with Crippen LogP contribution in [0.15, 0.2) is 5.16 Å². The Morgan fingerprint density at radius 3 is 2.75 bits per heavy atom. The summed E-state index contributed by atoms with van der Waals surface area (Å²) in [5, 5.41) is 12.0. The Morgan fingerprint density at radius 1 is 1.56 bits per heavy atom. The summed E-state index contributed by atoms with van der Waals surface area (Å²) in [6.07, 6.45) is 0.726. The highest BCUT2D eigenvalue weighted by atomic mass is 32.2. The number of oxime groups is 1. The first kappa shape index (κ1) is 13.4. The van der Waals surface area contributed by atoms with E-state index in [2.05, 4.69) is 10.1 Å². The fraction of sp³-hybridized carbons (Fsp3) is 0.900. The lowest BCUT2D eigenvalue weighted by Gasteiger charge is -2.31. The van der Waals surface area contributed by atoms with E-state index in [0.717, 1.165) is 25.2 Å². The van der Waals surface area contributed by atoms with Gasteiger partial charge in [0.15, 0.2) is 9.84 Å². The molecule has 0 bridgehead atoms. The predicted octanol–water partition coefficient (Wildman–Crippen LogP) is 0.593. The SMILES string of the molecule is CCS(=O)(=O)CCN1CCC(=NO)C(C)C1. The van der Waals surface area contributed by atoms with Crippen molar-refractivity contribution >= 4 is 15.5 Å². The molecule has 94 valence electrons. The van der Waals surface area contributed by atoms with Crippen molar-refractivity contribution in [1.82, 2.24) is 4.90 Å². The molecule has 0 spiro atoms. The van der Waals surface area contributed by atoms with Crippen LogP contribution in [-0.2, 0) is 9.84 Å². The van der Waals surface area contributed by atoms with E-state index in [0.29, 0.717) is 6.54 Å². The van der Waals surface area contributed by atoms with Gasteiger partial charge in [-0.2, -0.15) is 0 Å². The zero-order valence-electron chi connectivity index (χ0n) is 9.89. The quantitative estimate of drug-likeness (QED) is 0.584. The van der Waals surface area contributed by atoms with Gasteiger partial charge in [-0.3, -0.25) is 0 Å². The van der Waals surface area contributed by atoms with Crippen molar-refractivity contribution in [3.05, 3.63) is 0 Å². The molecular weight excluding hydrogens is 228 g/mol. The van der Waals surface area contributed by atoms with E-state index in [-0.39, 0.29) is 17.4 Å². The van der Waals surface area contributed by atoms with Gasteiger partial charge in [-0.05, 0) is 0 Å². The van der Waals surface area contributed by atoms with Gasteiger partial charge in [0.2, 0.25) is 0 Å². The number of hydrogen-bond donors (Lipinski definition) is 1. The maximum Gasteiger partial charge on any atom is 0.151 e. The van der Waals surface area contributed by atoms with E-state index in [1.54, 1.807) is 6.92 Å². The molecule has 1 saturated heterocycles. The van der Waals surface area contributed by atoms with E-state index in [1.807, 2.05) is 6.92 Å². The van der Waals surface area contributed by atoms with Gasteiger partial charge < -0.3 is 10.1 Å². The third kappa shape index (κ3) is 3.75. The first-order chi connectivity index (χ1) is 7.48. The van der Waals surface area contributed by atoms with E-state index < -0.39 is 9.84 Å². The lowest BCUT2D eigenvalue weighted by Crippen LogP contribution is -2.41. The minimum atomic E-state index is -2.88. The standard InChI is InChI=1S/C10H20N2O3S/c1-3-16(14,15)7-6-12-5-4-10(11-13)9(2)8-12/h9,13H,3-8H2,1-2H3. The number of likely N-dealkylation sites (tertiary alicyclic amines) is 1. The van der Waals surface area contributed by atoms with Gasteiger partial charge >= 0.3 is 0 Å². The summed E-state index contributed by atoms with van der Waals surface area (Å²) in [5.41, 5.74) is 0.814. The molecule has 1 aliphatic rings. The van der Waals surface area contributed by atoms with Crippen molar-refractivity contribution < 1.29 is 13.6 Å². The number of nitrogens with zero attached hydrogens (tertiary/aromatic N) is 2. The Kier molecular flexibility index (Phi) is 4.73. The highest BCUT2D eigenvalue weighted by molar-refractivity contribution is 7.91. The summed E-state index contributed by atoms with van der Waals surface area (Å²) < 4.78 is 22.7. The molecule has 1 unspecified atom stereocenters. The average molecular weight is 248 g/mol. The van der Waals surface area contributed by atoms with Crippen LogP contribution in [0.5, 0.6) is 0 Å². The summed E-state index contributed by atoms with van der Waals surface area (Å²) in [4.78, 5) is 2.12. The maximum atomic E-state index is 11.4. The zero-order valence-corrected chi connectivity index (χ0v) is 10.7. The topological polar surface area (TPSA) is 70.0 Å². The Bertz CT molecular complexity index is 351. The van der Waals surface area contributed by atoms with Crippen molar-refractivity contribution in [3.8, 4) is 0 Å². The molecule has 0 saturated carbocycles. The Morgan fingerprint density at radius 2 is 2.25 bits per heavy atom. The van der Waals surface area contributed by atoms with Crippen LogP contribution in [0, 0.1) is 5.92 Å². The van der Waals surface area contributed by atoms with Gasteiger partial charge in [-0.1, -0.05) is 19.0 Å². The van der Waals surface area contributed by atoms with E-state index >= 15 is 0 Å². The molecular formula is C10H20N2O3S. The lowest BCUT2D eigenvalue weighted by molar-refractivity contribution is 0.246. The molecule has 0 radical (unpaired) electrons. The van der Waals surface area contributed by atoms with Crippen LogP contribution in [0.25, 0.3) is 0 Å². The second-order valence-corrected chi connectivity index (χ2v) is 6.75. The van der Waals surface area contributed by atoms with E-state index in [9.17, 15) is 8.42 Å². The molecule has 0 aromatic heterocycles. The van der Waals surface area contributed by atoms with E-state index in [4.69, 9.17) is 5.21 Å². The molecule has 5 nitrogen and oxygen atoms in total. The predicted molar refractivity (Wildman–Crippen MR) is 63.8 cm³/mol. The molecule has 1 atom stereocenters. The van der Waals surface area contributed by atoms with Gasteiger partial charge in [0.05, 0.1) is 11.5 Å². The first-order valence-electron chi connectivity index (χ1n) is 5.62. The van der Waals surface area contributed by atoms with Crippen LogP contribution in [0.1, 0.15) is 20.3 Å². The van der Waals surface area contributed by atoms with Gasteiger partial charge in [0.25, 0.3) is 0 Å². The molecule has 1 N–H and O–H groups in total. The molecule has 0 aliphatic carbocycles. The van der Waals surface area contributed by atoms with Crippen LogP contribution < -0.4 is 0 Å². The fourth-order valence-electron chi connectivity index (χ4n) is 1.87. The maximum absolute atomic E-state index is 11.4. The summed E-state index contributed by atoms with van der Waals surface area (Å²) in [6, 6.07) is 0. The largest absolute Gasteiger partial charge is 0.411 e. The van der Waals surface area contributed by atoms with Crippen molar-refractivity contribution in [2.75, 3.05) is 31.1 Å². The van der Waals surface area contributed by atoms with Crippen molar-refractivity contribution in [1.29, 1.82) is 0 Å². The zero-order chi connectivity index (χ0) is 12.2. The van der Waals surface area contributed by atoms with Crippen LogP contribution in [0.4, 0.5) is 0 Å². The summed E-state index contributed by atoms with van der Waals surface area (Å²) >= 11 is 0. The Labute approximate surface area is 97.0 Å². The molecule has 1 rings (SSSR count). The fourth-order valence-corrected chi connectivity index (χ4v) is 2.69. The van der Waals surface area contributed by atoms with Crippen LogP contribution in [0.3, 0.4) is 0 Å². The van der Waals surface area contributed by atoms with Gasteiger partial charge in [-0.15, -0.1) is 0 Å². The van der Waals surface area contributed by atoms with Crippen LogP contribution >= 0.6 is 0 Å². The first-order valence-corrected chi connectivity index (χ1v) is 7.44. The molecule has 1 aliphatic heterocycles. The van der Waals surface area contributed by atoms with Gasteiger partial charge in [-0.25, -0.2) is 8.42 Å². The molecule has 0 aromatic rings. The summed E-state index contributed by atoms with van der Waals surface area (Å²) in [5.74, 6) is 0.643. The molecule has 1 fully saturated rings.